The SMILES string of the molecule is CCc1ccc(-c2cncc(N)n2)cc1. The van der Waals surface area contributed by atoms with Crippen LogP contribution in [0.2, 0.25) is 0 Å². The van der Waals surface area contributed by atoms with Gasteiger partial charge in [-0.3, -0.25) is 4.98 Å². The first-order valence-electron chi connectivity index (χ1n) is 4.96. The molecule has 1 aromatic heterocycles. The summed E-state index contributed by atoms with van der Waals surface area (Å²) in [4.78, 5) is 8.23. The molecule has 0 aliphatic heterocycles. The second-order valence-electron chi connectivity index (χ2n) is 3.38. The van der Waals surface area contributed by atoms with Crippen molar-refractivity contribution in [3.8, 4) is 11.3 Å². The molecular formula is C12H13N3. The molecule has 0 saturated heterocycles. The maximum atomic E-state index is 5.58. The fourth-order valence-electron chi connectivity index (χ4n) is 1.43. The van der Waals surface area contributed by atoms with E-state index in [1.807, 2.05) is 12.1 Å². The van der Waals surface area contributed by atoms with Crippen LogP contribution in [0.1, 0.15) is 12.5 Å². The van der Waals surface area contributed by atoms with Crippen molar-refractivity contribution in [3.05, 3.63) is 42.2 Å². The van der Waals surface area contributed by atoms with E-state index >= 15 is 0 Å². The third-order valence-electron chi connectivity index (χ3n) is 2.31. The molecule has 3 heteroatoms. The molecule has 0 saturated carbocycles. The van der Waals surface area contributed by atoms with Crippen LogP contribution in [0.25, 0.3) is 11.3 Å². The van der Waals surface area contributed by atoms with Crippen LogP contribution in [-0.4, -0.2) is 9.97 Å². The van der Waals surface area contributed by atoms with Crippen molar-refractivity contribution in [3.63, 3.8) is 0 Å². The zero-order chi connectivity index (χ0) is 10.7. The number of rotatable bonds is 2. The smallest absolute Gasteiger partial charge is 0.142 e. The minimum atomic E-state index is 0.451. The minimum absolute atomic E-state index is 0.451. The molecule has 0 amide bonds. The number of nitrogen functional groups attached to an aromatic ring is 1. The summed E-state index contributed by atoms with van der Waals surface area (Å²) in [6.45, 7) is 2.13. The van der Waals surface area contributed by atoms with Gasteiger partial charge in [0.25, 0.3) is 0 Å². The summed E-state index contributed by atoms with van der Waals surface area (Å²) in [5.41, 5.74) is 8.76. The van der Waals surface area contributed by atoms with E-state index in [-0.39, 0.29) is 0 Å². The molecule has 1 aromatic carbocycles. The topological polar surface area (TPSA) is 51.8 Å². The first-order chi connectivity index (χ1) is 7.29. The van der Waals surface area contributed by atoms with E-state index in [0.717, 1.165) is 17.7 Å². The number of benzene rings is 1. The van der Waals surface area contributed by atoms with Gasteiger partial charge < -0.3 is 5.73 Å². The van der Waals surface area contributed by atoms with Crippen molar-refractivity contribution in [1.29, 1.82) is 0 Å². The number of nitrogens with two attached hydrogens (primary N) is 1. The van der Waals surface area contributed by atoms with Crippen molar-refractivity contribution in [1.82, 2.24) is 9.97 Å². The largest absolute Gasteiger partial charge is 0.382 e. The molecule has 0 radical (unpaired) electrons. The van der Waals surface area contributed by atoms with Gasteiger partial charge in [-0.05, 0) is 12.0 Å². The van der Waals surface area contributed by atoms with Crippen LogP contribution in [0.3, 0.4) is 0 Å². The van der Waals surface area contributed by atoms with E-state index in [2.05, 4.69) is 29.0 Å². The van der Waals surface area contributed by atoms with Gasteiger partial charge in [-0.1, -0.05) is 31.2 Å². The van der Waals surface area contributed by atoms with Gasteiger partial charge in [0.05, 0.1) is 18.1 Å². The van der Waals surface area contributed by atoms with E-state index in [1.165, 1.54) is 5.56 Å². The average molecular weight is 199 g/mol. The minimum Gasteiger partial charge on any atom is -0.382 e. The molecule has 76 valence electrons. The standard InChI is InChI=1S/C12H13N3/c1-2-9-3-5-10(6-4-9)11-7-14-8-12(13)15-11/h3-8H,2H2,1H3,(H2,13,15). The molecule has 0 fully saturated rings. The average Bonchev–Trinajstić information content (AvgIpc) is 2.29. The Bertz CT molecular complexity index is 449. The number of anilines is 1. The molecular weight excluding hydrogens is 186 g/mol. The zero-order valence-corrected chi connectivity index (χ0v) is 8.64. The van der Waals surface area contributed by atoms with Crippen LogP contribution in [0.4, 0.5) is 5.82 Å². The molecule has 2 rings (SSSR count). The predicted octanol–water partition coefficient (Wildman–Crippen LogP) is 2.29. The number of nitrogens with zero attached hydrogens (tertiary/aromatic N) is 2. The van der Waals surface area contributed by atoms with Crippen LogP contribution in [0.15, 0.2) is 36.7 Å². The normalized spacial score (nSPS) is 10.2. The quantitative estimate of drug-likeness (QED) is 0.807. The van der Waals surface area contributed by atoms with Gasteiger partial charge in [0, 0.05) is 5.56 Å². The lowest BCUT2D eigenvalue weighted by Crippen LogP contribution is -1.93. The maximum absolute atomic E-state index is 5.58. The summed E-state index contributed by atoms with van der Waals surface area (Å²) in [6, 6.07) is 8.28. The van der Waals surface area contributed by atoms with Gasteiger partial charge in [-0.15, -0.1) is 0 Å². The van der Waals surface area contributed by atoms with Crippen LogP contribution >= 0.6 is 0 Å². The molecule has 0 atom stereocenters. The zero-order valence-electron chi connectivity index (χ0n) is 8.64. The van der Waals surface area contributed by atoms with Crippen LogP contribution in [0, 0.1) is 0 Å². The van der Waals surface area contributed by atoms with Crippen LogP contribution in [-0.2, 0) is 6.42 Å². The lowest BCUT2D eigenvalue weighted by molar-refractivity contribution is 1.14. The van der Waals surface area contributed by atoms with Crippen LogP contribution < -0.4 is 5.73 Å². The summed E-state index contributed by atoms with van der Waals surface area (Å²) < 4.78 is 0. The van der Waals surface area contributed by atoms with E-state index in [9.17, 15) is 0 Å². The van der Waals surface area contributed by atoms with Crippen molar-refractivity contribution in [2.45, 2.75) is 13.3 Å². The monoisotopic (exact) mass is 199 g/mol. The van der Waals surface area contributed by atoms with E-state index in [0.29, 0.717) is 5.82 Å². The van der Waals surface area contributed by atoms with E-state index in [1.54, 1.807) is 12.4 Å². The van der Waals surface area contributed by atoms with Gasteiger partial charge >= 0.3 is 0 Å². The van der Waals surface area contributed by atoms with Gasteiger partial charge in [-0.2, -0.15) is 0 Å². The van der Waals surface area contributed by atoms with Gasteiger partial charge in [-0.25, -0.2) is 4.98 Å². The van der Waals surface area contributed by atoms with E-state index < -0.39 is 0 Å². The third-order valence-corrected chi connectivity index (χ3v) is 2.31. The van der Waals surface area contributed by atoms with Gasteiger partial charge in [0.2, 0.25) is 0 Å². The van der Waals surface area contributed by atoms with Crippen molar-refractivity contribution >= 4 is 5.82 Å². The molecule has 15 heavy (non-hydrogen) atoms. The van der Waals surface area contributed by atoms with Gasteiger partial charge in [0.1, 0.15) is 5.82 Å². The molecule has 0 spiro atoms. The highest BCUT2D eigenvalue weighted by atomic mass is 14.9. The van der Waals surface area contributed by atoms with E-state index in [4.69, 9.17) is 5.73 Å². The first kappa shape index (κ1) is 9.65. The molecule has 2 N–H and O–H groups in total. The highest BCUT2D eigenvalue weighted by Crippen LogP contribution is 2.17. The Hall–Kier alpha value is -1.90. The predicted molar refractivity (Wildman–Crippen MR) is 61.3 cm³/mol. The molecule has 1 heterocycles. The number of hydrogen-bond donors (Lipinski definition) is 1. The fourth-order valence-corrected chi connectivity index (χ4v) is 1.43. The summed E-state index contributed by atoms with van der Waals surface area (Å²) in [6.07, 6.45) is 4.31. The molecule has 0 unspecified atom stereocenters. The second kappa shape index (κ2) is 4.09. The first-order valence-corrected chi connectivity index (χ1v) is 4.96. The van der Waals surface area contributed by atoms with Crippen molar-refractivity contribution < 1.29 is 0 Å². The summed E-state index contributed by atoms with van der Waals surface area (Å²) >= 11 is 0. The number of aromatic nitrogens is 2. The summed E-state index contributed by atoms with van der Waals surface area (Å²) in [5, 5.41) is 0. The second-order valence-corrected chi connectivity index (χ2v) is 3.38. The number of aryl methyl sites for hydroxylation is 1. The Kier molecular flexibility index (Phi) is 2.63. The molecule has 0 aliphatic carbocycles. The Morgan fingerprint density at radius 1 is 1.13 bits per heavy atom. The van der Waals surface area contributed by atoms with Gasteiger partial charge in [0.15, 0.2) is 0 Å². The Morgan fingerprint density at radius 2 is 1.87 bits per heavy atom. The van der Waals surface area contributed by atoms with Crippen molar-refractivity contribution in [2.24, 2.45) is 0 Å². The Morgan fingerprint density at radius 3 is 2.47 bits per heavy atom. The fraction of sp³-hybridized carbons (Fsp3) is 0.167. The Labute approximate surface area is 89.0 Å². The molecule has 2 aromatic rings. The summed E-state index contributed by atoms with van der Waals surface area (Å²) in [5.74, 6) is 0.451. The van der Waals surface area contributed by atoms with Crippen molar-refractivity contribution in [2.75, 3.05) is 5.73 Å². The lowest BCUT2D eigenvalue weighted by Gasteiger charge is -2.02. The molecule has 3 nitrogen and oxygen atoms in total. The Balaban J connectivity index is 2.37. The highest BCUT2D eigenvalue weighted by molar-refractivity contribution is 5.59. The number of hydrogen-bond acceptors (Lipinski definition) is 3. The lowest BCUT2D eigenvalue weighted by atomic mass is 10.1. The highest BCUT2D eigenvalue weighted by Gasteiger charge is 1.99. The summed E-state index contributed by atoms with van der Waals surface area (Å²) in [7, 11) is 0. The third kappa shape index (κ3) is 2.13. The maximum Gasteiger partial charge on any atom is 0.142 e. The van der Waals surface area contributed by atoms with Crippen LogP contribution in [0.5, 0.6) is 0 Å². The molecule has 0 bridgehead atoms. The molecule has 0 aliphatic rings.